The van der Waals surface area contributed by atoms with Crippen molar-refractivity contribution in [2.45, 2.75) is 6.04 Å². The fraction of sp³-hybridized carbons (Fsp3) is 0.143. The van der Waals surface area contributed by atoms with E-state index in [2.05, 4.69) is 20.9 Å². The van der Waals surface area contributed by atoms with Crippen molar-refractivity contribution in [2.24, 2.45) is 5.73 Å². The van der Waals surface area contributed by atoms with Crippen molar-refractivity contribution >= 4 is 21.9 Å². The monoisotopic (exact) mass is 230 g/mol. The number of nitrogens with two attached hydrogens (primary N) is 1. The van der Waals surface area contributed by atoms with E-state index in [-0.39, 0.29) is 0 Å². The molecule has 0 aliphatic heterocycles. The number of nitrogens with zero attached hydrogens (tertiary/aromatic N) is 1. The zero-order valence-electron chi connectivity index (χ0n) is 6.07. The predicted molar refractivity (Wildman–Crippen MR) is 46.5 cm³/mol. The van der Waals surface area contributed by atoms with E-state index in [1.54, 1.807) is 12.1 Å². The van der Waals surface area contributed by atoms with E-state index < -0.39 is 12.0 Å². The summed E-state index contributed by atoms with van der Waals surface area (Å²) in [6.07, 6.45) is 1.50. The number of carbonyl (C=O) groups is 1. The number of hydrogen-bond acceptors (Lipinski definition) is 3. The molecule has 0 fully saturated rings. The lowest BCUT2D eigenvalue weighted by Crippen LogP contribution is -2.20. The molecule has 0 saturated heterocycles. The Labute approximate surface area is 77.5 Å². The highest BCUT2D eigenvalue weighted by molar-refractivity contribution is 9.10. The van der Waals surface area contributed by atoms with Crippen LogP contribution in [-0.4, -0.2) is 16.1 Å². The van der Waals surface area contributed by atoms with Crippen LogP contribution in [0.25, 0.3) is 0 Å². The number of aromatic nitrogens is 1. The van der Waals surface area contributed by atoms with Gasteiger partial charge in [0, 0.05) is 6.20 Å². The number of halogens is 1. The SMILES string of the molecule is N[C@H](C(=O)O)c1ccnc(Br)c1. The summed E-state index contributed by atoms with van der Waals surface area (Å²) in [5.74, 6) is -1.05. The molecule has 1 aromatic rings. The maximum absolute atomic E-state index is 10.5. The van der Waals surface area contributed by atoms with Gasteiger partial charge >= 0.3 is 5.97 Å². The fourth-order valence-electron chi connectivity index (χ4n) is 0.753. The molecule has 0 radical (unpaired) electrons. The van der Waals surface area contributed by atoms with Crippen LogP contribution in [0, 0.1) is 0 Å². The van der Waals surface area contributed by atoms with Gasteiger partial charge in [-0.3, -0.25) is 4.79 Å². The molecular formula is C7H7BrN2O2. The van der Waals surface area contributed by atoms with Gasteiger partial charge in [-0.25, -0.2) is 4.98 Å². The predicted octanol–water partition coefficient (Wildman–Crippen LogP) is 0.928. The maximum atomic E-state index is 10.5. The van der Waals surface area contributed by atoms with E-state index >= 15 is 0 Å². The molecule has 0 aliphatic rings. The Morgan fingerprint density at radius 1 is 1.75 bits per heavy atom. The van der Waals surface area contributed by atoms with Crippen LogP contribution >= 0.6 is 15.9 Å². The molecule has 5 heteroatoms. The van der Waals surface area contributed by atoms with E-state index in [9.17, 15) is 4.79 Å². The van der Waals surface area contributed by atoms with Crippen LogP contribution in [0.1, 0.15) is 11.6 Å². The van der Waals surface area contributed by atoms with Crippen molar-refractivity contribution < 1.29 is 9.90 Å². The zero-order chi connectivity index (χ0) is 9.14. The van der Waals surface area contributed by atoms with Crippen LogP contribution < -0.4 is 5.73 Å². The smallest absolute Gasteiger partial charge is 0.325 e. The third-order valence-corrected chi connectivity index (χ3v) is 1.81. The molecule has 0 amide bonds. The standard InChI is InChI=1S/C7H7BrN2O2/c8-5-3-4(1-2-10-5)6(9)7(11)12/h1-3,6H,9H2,(H,11,12)/t6-/m0/s1. The number of hydrogen-bond donors (Lipinski definition) is 2. The molecule has 1 aromatic heterocycles. The fourth-order valence-corrected chi connectivity index (χ4v) is 1.14. The van der Waals surface area contributed by atoms with E-state index in [0.29, 0.717) is 10.2 Å². The Morgan fingerprint density at radius 2 is 2.42 bits per heavy atom. The summed E-state index contributed by atoms with van der Waals surface area (Å²) in [6, 6.07) is 2.17. The van der Waals surface area contributed by atoms with Gasteiger partial charge in [0.25, 0.3) is 0 Å². The third kappa shape index (κ3) is 2.02. The normalized spacial score (nSPS) is 12.5. The second kappa shape index (κ2) is 3.64. The van der Waals surface area contributed by atoms with Crippen LogP contribution in [0.3, 0.4) is 0 Å². The third-order valence-electron chi connectivity index (χ3n) is 1.38. The van der Waals surface area contributed by atoms with Gasteiger partial charge in [-0.15, -0.1) is 0 Å². The second-order valence-corrected chi connectivity index (χ2v) is 3.04. The Bertz CT molecular complexity index is 303. The lowest BCUT2D eigenvalue weighted by molar-refractivity contribution is -0.138. The minimum Gasteiger partial charge on any atom is -0.480 e. The second-order valence-electron chi connectivity index (χ2n) is 2.23. The quantitative estimate of drug-likeness (QED) is 0.742. The van der Waals surface area contributed by atoms with Gasteiger partial charge in [0.15, 0.2) is 0 Å². The number of carboxylic acids is 1. The molecule has 1 rings (SSSR count). The maximum Gasteiger partial charge on any atom is 0.325 e. The van der Waals surface area contributed by atoms with Gasteiger partial charge in [-0.1, -0.05) is 0 Å². The highest BCUT2D eigenvalue weighted by Gasteiger charge is 2.13. The average Bonchev–Trinajstić information content (AvgIpc) is 2.03. The first kappa shape index (κ1) is 9.15. The van der Waals surface area contributed by atoms with Crippen LogP contribution in [0.5, 0.6) is 0 Å². The molecule has 12 heavy (non-hydrogen) atoms. The lowest BCUT2D eigenvalue weighted by atomic mass is 10.1. The van der Waals surface area contributed by atoms with Crippen molar-refractivity contribution in [1.29, 1.82) is 0 Å². The van der Waals surface area contributed by atoms with Crippen LogP contribution in [0.2, 0.25) is 0 Å². The number of pyridine rings is 1. The van der Waals surface area contributed by atoms with Gasteiger partial charge in [-0.05, 0) is 33.6 Å². The number of rotatable bonds is 2. The summed E-state index contributed by atoms with van der Waals surface area (Å²) >= 11 is 3.12. The highest BCUT2D eigenvalue weighted by atomic mass is 79.9. The Morgan fingerprint density at radius 3 is 2.92 bits per heavy atom. The molecule has 64 valence electrons. The summed E-state index contributed by atoms with van der Waals surface area (Å²) in [7, 11) is 0. The molecule has 1 atom stereocenters. The van der Waals surface area contributed by atoms with E-state index in [1.807, 2.05) is 0 Å². The molecule has 0 aliphatic carbocycles. The molecule has 0 spiro atoms. The van der Waals surface area contributed by atoms with Crippen molar-refractivity contribution in [1.82, 2.24) is 4.98 Å². The van der Waals surface area contributed by atoms with E-state index in [4.69, 9.17) is 10.8 Å². The molecule has 0 saturated carbocycles. The average molecular weight is 231 g/mol. The molecule has 0 unspecified atom stereocenters. The van der Waals surface area contributed by atoms with Gasteiger partial charge in [-0.2, -0.15) is 0 Å². The van der Waals surface area contributed by atoms with Gasteiger partial charge in [0.1, 0.15) is 10.6 Å². The molecule has 1 heterocycles. The van der Waals surface area contributed by atoms with Gasteiger partial charge in [0.05, 0.1) is 0 Å². The summed E-state index contributed by atoms with van der Waals surface area (Å²) in [5.41, 5.74) is 5.89. The minimum absolute atomic E-state index is 0.532. The number of carboxylic acid groups (broad SMARTS) is 1. The summed E-state index contributed by atoms with van der Waals surface area (Å²) in [6.45, 7) is 0. The first-order valence-corrected chi connectivity index (χ1v) is 4.00. The molecule has 0 bridgehead atoms. The van der Waals surface area contributed by atoms with Crippen LogP contribution in [0.15, 0.2) is 22.9 Å². The highest BCUT2D eigenvalue weighted by Crippen LogP contribution is 2.13. The summed E-state index contributed by atoms with van der Waals surface area (Å²) in [4.78, 5) is 14.3. The van der Waals surface area contributed by atoms with Gasteiger partial charge in [0.2, 0.25) is 0 Å². The van der Waals surface area contributed by atoms with Crippen molar-refractivity contribution in [3.05, 3.63) is 28.5 Å². The largest absolute Gasteiger partial charge is 0.480 e. The summed E-state index contributed by atoms with van der Waals surface area (Å²) in [5, 5.41) is 8.57. The van der Waals surface area contributed by atoms with E-state index in [1.165, 1.54) is 6.20 Å². The molecule has 4 nitrogen and oxygen atoms in total. The minimum atomic E-state index is -1.05. The Hall–Kier alpha value is -0.940. The topological polar surface area (TPSA) is 76.2 Å². The van der Waals surface area contributed by atoms with Crippen molar-refractivity contribution in [3.8, 4) is 0 Å². The molecule has 0 aromatic carbocycles. The van der Waals surface area contributed by atoms with Crippen LogP contribution in [-0.2, 0) is 4.79 Å². The molecule has 3 N–H and O–H groups in total. The Kier molecular flexibility index (Phi) is 2.78. The first-order chi connectivity index (χ1) is 5.61. The Balaban J connectivity index is 2.95. The summed E-state index contributed by atoms with van der Waals surface area (Å²) < 4.78 is 0.580. The van der Waals surface area contributed by atoms with Crippen molar-refractivity contribution in [3.63, 3.8) is 0 Å². The van der Waals surface area contributed by atoms with Crippen LogP contribution in [0.4, 0.5) is 0 Å². The number of aliphatic carboxylic acids is 1. The van der Waals surface area contributed by atoms with E-state index in [0.717, 1.165) is 0 Å². The van der Waals surface area contributed by atoms with Crippen molar-refractivity contribution in [2.75, 3.05) is 0 Å². The zero-order valence-corrected chi connectivity index (χ0v) is 7.65. The van der Waals surface area contributed by atoms with Gasteiger partial charge < -0.3 is 10.8 Å². The molecular weight excluding hydrogens is 224 g/mol. The lowest BCUT2D eigenvalue weighted by Gasteiger charge is -2.05. The first-order valence-electron chi connectivity index (χ1n) is 3.21.